The topological polar surface area (TPSA) is 18.5 Å². The summed E-state index contributed by atoms with van der Waals surface area (Å²) in [7, 11) is 4.23. The van der Waals surface area contributed by atoms with Crippen LogP contribution in [0.3, 0.4) is 0 Å². The van der Waals surface area contributed by atoms with Crippen LogP contribution in [0.4, 0.5) is 0 Å². The molecule has 1 aliphatic rings. The maximum atomic E-state index is 3.48. The molecule has 1 saturated heterocycles. The second-order valence-corrected chi connectivity index (χ2v) is 4.58. The van der Waals surface area contributed by atoms with E-state index in [1.165, 1.54) is 25.9 Å². The summed E-state index contributed by atoms with van der Waals surface area (Å²) in [5, 5.41) is 3.48. The summed E-state index contributed by atoms with van der Waals surface area (Å²) in [4.78, 5) is 4.80. The molecule has 14 heavy (non-hydrogen) atoms. The third kappa shape index (κ3) is 4.40. The fourth-order valence-corrected chi connectivity index (χ4v) is 1.98. The highest BCUT2D eigenvalue weighted by Crippen LogP contribution is 2.14. The maximum absolute atomic E-state index is 3.48. The van der Waals surface area contributed by atoms with Gasteiger partial charge in [-0.25, -0.2) is 0 Å². The molecule has 1 rings (SSSR count). The molecule has 0 aromatic carbocycles. The van der Waals surface area contributed by atoms with E-state index in [0.29, 0.717) is 0 Å². The van der Waals surface area contributed by atoms with Gasteiger partial charge in [0.15, 0.2) is 0 Å². The van der Waals surface area contributed by atoms with Crippen molar-refractivity contribution in [3.05, 3.63) is 0 Å². The van der Waals surface area contributed by atoms with Crippen LogP contribution in [0.5, 0.6) is 0 Å². The minimum atomic E-state index is 0.811. The molecule has 0 aliphatic carbocycles. The molecule has 3 heteroatoms. The van der Waals surface area contributed by atoms with Gasteiger partial charge in [0, 0.05) is 32.2 Å². The molecule has 1 unspecified atom stereocenters. The van der Waals surface area contributed by atoms with Crippen molar-refractivity contribution in [1.82, 2.24) is 15.1 Å². The fourth-order valence-electron chi connectivity index (χ4n) is 1.98. The van der Waals surface area contributed by atoms with Crippen LogP contribution in [-0.2, 0) is 0 Å². The first-order valence-corrected chi connectivity index (χ1v) is 5.79. The summed E-state index contributed by atoms with van der Waals surface area (Å²) in [5.74, 6) is 0. The van der Waals surface area contributed by atoms with Crippen LogP contribution in [0.25, 0.3) is 0 Å². The lowest BCUT2D eigenvalue weighted by Gasteiger charge is -2.21. The first kappa shape index (κ1) is 12.0. The first-order chi connectivity index (χ1) is 6.70. The van der Waals surface area contributed by atoms with Crippen molar-refractivity contribution in [2.75, 3.05) is 46.8 Å². The maximum Gasteiger partial charge on any atom is 0.0110 e. The Bertz CT molecular complexity index is 147. The largest absolute Gasteiger partial charge is 0.314 e. The Kier molecular flexibility index (Phi) is 5.45. The predicted molar refractivity (Wildman–Crippen MR) is 61.7 cm³/mol. The second-order valence-electron chi connectivity index (χ2n) is 4.58. The van der Waals surface area contributed by atoms with E-state index in [4.69, 9.17) is 0 Å². The van der Waals surface area contributed by atoms with Crippen LogP contribution in [0.2, 0.25) is 0 Å². The molecule has 1 aliphatic heterocycles. The van der Waals surface area contributed by atoms with Crippen LogP contribution in [0.1, 0.15) is 19.8 Å². The van der Waals surface area contributed by atoms with Crippen molar-refractivity contribution in [2.45, 2.75) is 25.8 Å². The number of hydrogen-bond donors (Lipinski definition) is 1. The van der Waals surface area contributed by atoms with Crippen LogP contribution in [-0.4, -0.2) is 62.7 Å². The molecule has 0 saturated carbocycles. The van der Waals surface area contributed by atoms with Gasteiger partial charge >= 0.3 is 0 Å². The highest BCUT2D eigenvalue weighted by molar-refractivity contribution is 4.75. The van der Waals surface area contributed by atoms with E-state index in [9.17, 15) is 0 Å². The van der Waals surface area contributed by atoms with Crippen molar-refractivity contribution >= 4 is 0 Å². The van der Waals surface area contributed by atoms with Crippen molar-refractivity contribution in [3.63, 3.8) is 0 Å². The molecule has 1 heterocycles. The molecule has 1 fully saturated rings. The monoisotopic (exact) mass is 199 g/mol. The van der Waals surface area contributed by atoms with Crippen molar-refractivity contribution in [3.8, 4) is 0 Å². The van der Waals surface area contributed by atoms with Gasteiger partial charge in [-0.3, -0.25) is 4.90 Å². The molecule has 0 aromatic heterocycles. The summed E-state index contributed by atoms with van der Waals surface area (Å²) in [6, 6.07) is 0.811. The zero-order chi connectivity index (χ0) is 10.4. The third-order valence-corrected chi connectivity index (χ3v) is 3.00. The van der Waals surface area contributed by atoms with Gasteiger partial charge in [-0.05, 0) is 40.4 Å². The number of nitrogens with zero attached hydrogens (tertiary/aromatic N) is 2. The van der Waals surface area contributed by atoms with Crippen LogP contribution in [0.15, 0.2) is 0 Å². The summed E-state index contributed by atoms with van der Waals surface area (Å²) < 4.78 is 0. The van der Waals surface area contributed by atoms with E-state index >= 15 is 0 Å². The van der Waals surface area contributed by atoms with E-state index in [1.54, 1.807) is 0 Å². The van der Waals surface area contributed by atoms with Gasteiger partial charge in [0.2, 0.25) is 0 Å². The van der Waals surface area contributed by atoms with E-state index in [0.717, 1.165) is 25.7 Å². The van der Waals surface area contributed by atoms with E-state index in [1.807, 2.05) is 0 Å². The van der Waals surface area contributed by atoms with Crippen molar-refractivity contribution in [2.24, 2.45) is 0 Å². The molecule has 1 atom stereocenters. The molecular formula is C11H25N3. The van der Waals surface area contributed by atoms with E-state index in [-0.39, 0.29) is 0 Å². The zero-order valence-corrected chi connectivity index (χ0v) is 9.92. The normalized spacial score (nSPS) is 23.6. The molecule has 0 bridgehead atoms. The smallest absolute Gasteiger partial charge is 0.0110 e. The number of hydrogen-bond acceptors (Lipinski definition) is 3. The van der Waals surface area contributed by atoms with Gasteiger partial charge in [0.05, 0.1) is 0 Å². The summed E-state index contributed by atoms with van der Waals surface area (Å²) in [5.41, 5.74) is 0. The molecule has 3 nitrogen and oxygen atoms in total. The van der Waals surface area contributed by atoms with E-state index < -0.39 is 0 Å². The minimum absolute atomic E-state index is 0.811. The highest BCUT2D eigenvalue weighted by Gasteiger charge is 2.18. The lowest BCUT2D eigenvalue weighted by atomic mass is 10.2. The summed E-state index contributed by atoms with van der Waals surface area (Å²) in [6.45, 7) is 8.24. The van der Waals surface area contributed by atoms with Crippen LogP contribution >= 0.6 is 0 Å². The lowest BCUT2D eigenvalue weighted by Crippen LogP contribution is -2.36. The van der Waals surface area contributed by atoms with Gasteiger partial charge in [0.1, 0.15) is 0 Å². The van der Waals surface area contributed by atoms with Gasteiger partial charge in [-0.2, -0.15) is 0 Å². The van der Waals surface area contributed by atoms with Gasteiger partial charge in [-0.1, -0.05) is 0 Å². The minimum Gasteiger partial charge on any atom is -0.314 e. The van der Waals surface area contributed by atoms with E-state index in [2.05, 4.69) is 36.1 Å². The van der Waals surface area contributed by atoms with Crippen molar-refractivity contribution < 1.29 is 0 Å². The molecule has 0 amide bonds. The standard InChI is InChI=1S/C11H25N3/c1-11-5-4-8-14(11)10-7-12-6-9-13(2)3/h11-12H,4-10H2,1-3H3. The van der Waals surface area contributed by atoms with Crippen LogP contribution in [0, 0.1) is 0 Å². The molecule has 0 radical (unpaired) electrons. The quantitative estimate of drug-likeness (QED) is 0.633. The van der Waals surface area contributed by atoms with Gasteiger partial charge in [-0.15, -0.1) is 0 Å². The fraction of sp³-hybridized carbons (Fsp3) is 1.00. The van der Waals surface area contributed by atoms with Gasteiger partial charge in [0.25, 0.3) is 0 Å². The van der Waals surface area contributed by atoms with Crippen LogP contribution < -0.4 is 5.32 Å². The first-order valence-electron chi connectivity index (χ1n) is 5.79. The SMILES string of the molecule is CC1CCCN1CCNCCN(C)C. The lowest BCUT2D eigenvalue weighted by molar-refractivity contribution is 0.266. The van der Waals surface area contributed by atoms with Crippen molar-refractivity contribution in [1.29, 1.82) is 0 Å². The Morgan fingerprint density at radius 2 is 2.14 bits per heavy atom. The molecule has 84 valence electrons. The molecule has 1 N–H and O–H groups in total. The Labute approximate surface area is 88.5 Å². The Morgan fingerprint density at radius 1 is 1.36 bits per heavy atom. The third-order valence-electron chi connectivity index (χ3n) is 3.00. The number of nitrogens with one attached hydrogen (secondary N) is 1. The highest BCUT2D eigenvalue weighted by atomic mass is 15.2. The summed E-state index contributed by atoms with van der Waals surface area (Å²) in [6.07, 6.45) is 2.77. The average molecular weight is 199 g/mol. The zero-order valence-electron chi connectivity index (χ0n) is 9.92. The predicted octanol–water partition coefficient (Wildman–Crippen LogP) is 0.622. The van der Waals surface area contributed by atoms with Gasteiger partial charge < -0.3 is 10.2 Å². The average Bonchev–Trinajstić information content (AvgIpc) is 2.51. The number of rotatable bonds is 6. The number of likely N-dealkylation sites (tertiary alicyclic amines) is 1. The molecule has 0 spiro atoms. The Hall–Kier alpha value is -0.120. The molecular weight excluding hydrogens is 174 g/mol. The number of likely N-dealkylation sites (N-methyl/N-ethyl adjacent to an activating group) is 1. The second kappa shape index (κ2) is 6.38. The Balaban J connectivity index is 1.93. The molecule has 0 aromatic rings. The summed E-state index contributed by atoms with van der Waals surface area (Å²) >= 11 is 0. The Morgan fingerprint density at radius 3 is 2.71 bits per heavy atom.